The van der Waals surface area contributed by atoms with Crippen molar-refractivity contribution >= 4 is 5.95 Å². The highest BCUT2D eigenvalue weighted by atomic mass is 15.3. The summed E-state index contributed by atoms with van der Waals surface area (Å²) in [5, 5.41) is 0. The monoisotopic (exact) mass is 333 g/mol. The molecule has 1 heterocycles. The van der Waals surface area contributed by atoms with E-state index in [1.165, 1.54) is 50.6 Å². The number of nitrogens with zero attached hydrogens (tertiary/aromatic N) is 3. The van der Waals surface area contributed by atoms with Crippen molar-refractivity contribution < 1.29 is 0 Å². The lowest BCUT2D eigenvalue weighted by Crippen LogP contribution is -2.39. The number of aryl methyl sites for hydroxylation is 1. The second kappa shape index (κ2) is 10.7. The van der Waals surface area contributed by atoms with Gasteiger partial charge in [-0.05, 0) is 43.6 Å². The van der Waals surface area contributed by atoms with Gasteiger partial charge in [0.05, 0.1) is 0 Å². The van der Waals surface area contributed by atoms with Crippen molar-refractivity contribution in [3.8, 4) is 0 Å². The first-order valence-electron chi connectivity index (χ1n) is 9.99. The van der Waals surface area contributed by atoms with Gasteiger partial charge in [0.2, 0.25) is 5.95 Å². The van der Waals surface area contributed by atoms with Gasteiger partial charge in [-0.3, -0.25) is 0 Å². The minimum Gasteiger partial charge on any atom is -0.338 e. The van der Waals surface area contributed by atoms with Crippen LogP contribution in [-0.2, 0) is 6.42 Å². The van der Waals surface area contributed by atoms with Crippen LogP contribution in [0.1, 0.15) is 92.2 Å². The van der Waals surface area contributed by atoms with E-state index >= 15 is 0 Å². The van der Waals surface area contributed by atoms with E-state index in [0.29, 0.717) is 11.5 Å². The van der Waals surface area contributed by atoms with Crippen molar-refractivity contribution in [1.29, 1.82) is 0 Å². The van der Waals surface area contributed by atoms with Crippen LogP contribution in [0.15, 0.2) is 12.3 Å². The smallest absolute Gasteiger partial charge is 0.225 e. The zero-order valence-corrected chi connectivity index (χ0v) is 16.9. The van der Waals surface area contributed by atoms with Gasteiger partial charge in [0.25, 0.3) is 0 Å². The van der Waals surface area contributed by atoms with Gasteiger partial charge < -0.3 is 4.90 Å². The van der Waals surface area contributed by atoms with Crippen LogP contribution in [0.3, 0.4) is 0 Å². The maximum atomic E-state index is 4.91. The van der Waals surface area contributed by atoms with Crippen LogP contribution < -0.4 is 4.90 Å². The Morgan fingerprint density at radius 2 is 1.71 bits per heavy atom. The molecule has 0 aliphatic heterocycles. The van der Waals surface area contributed by atoms with Gasteiger partial charge in [0.1, 0.15) is 0 Å². The van der Waals surface area contributed by atoms with E-state index in [-0.39, 0.29) is 0 Å². The molecular formula is C21H39N3. The Labute approximate surface area is 150 Å². The van der Waals surface area contributed by atoms with E-state index < -0.39 is 0 Å². The summed E-state index contributed by atoms with van der Waals surface area (Å²) in [6, 6.07) is 2.64. The molecule has 24 heavy (non-hydrogen) atoms. The molecule has 0 fully saturated rings. The van der Waals surface area contributed by atoms with Crippen LogP contribution in [0.25, 0.3) is 0 Å². The van der Waals surface area contributed by atoms with E-state index in [2.05, 4.69) is 57.5 Å². The van der Waals surface area contributed by atoms with Gasteiger partial charge in [0, 0.05) is 24.5 Å². The fourth-order valence-corrected chi connectivity index (χ4v) is 3.04. The lowest BCUT2D eigenvalue weighted by Gasteiger charge is -2.34. The Hall–Kier alpha value is -1.12. The van der Waals surface area contributed by atoms with Crippen LogP contribution in [0.4, 0.5) is 5.95 Å². The number of hydrogen-bond donors (Lipinski definition) is 0. The predicted molar refractivity (Wildman–Crippen MR) is 106 cm³/mol. The maximum absolute atomic E-state index is 4.91. The fraction of sp³-hybridized carbons (Fsp3) is 0.810. The first-order valence-corrected chi connectivity index (χ1v) is 9.99. The summed E-state index contributed by atoms with van der Waals surface area (Å²) < 4.78 is 0. The molecule has 3 heteroatoms. The third-order valence-electron chi connectivity index (χ3n) is 4.53. The number of aromatic nitrogens is 2. The van der Waals surface area contributed by atoms with Gasteiger partial charge in [0.15, 0.2) is 0 Å². The van der Waals surface area contributed by atoms with Gasteiger partial charge in [-0.2, -0.15) is 0 Å². The topological polar surface area (TPSA) is 29.0 Å². The van der Waals surface area contributed by atoms with Crippen molar-refractivity contribution in [3.63, 3.8) is 0 Å². The fourth-order valence-electron chi connectivity index (χ4n) is 3.04. The van der Waals surface area contributed by atoms with Crippen LogP contribution in [0.5, 0.6) is 0 Å². The zero-order chi connectivity index (χ0) is 18.0. The Bertz CT molecular complexity index is 445. The first-order chi connectivity index (χ1) is 11.4. The number of unbranched alkanes of at least 4 members (excludes halogenated alkanes) is 1. The van der Waals surface area contributed by atoms with Gasteiger partial charge >= 0.3 is 0 Å². The number of anilines is 1. The third kappa shape index (κ3) is 7.63. The number of hydrogen-bond acceptors (Lipinski definition) is 3. The molecule has 3 nitrogen and oxygen atoms in total. The molecule has 0 saturated carbocycles. The Morgan fingerprint density at radius 3 is 2.25 bits per heavy atom. The minimum absolute atomic E-state index is 0.334. The Kier molecular flexibility index (Phi) is 9.31. The summed E-state index contributed by atoms with van der Waals surface area (Å²) in [6.45, 7) is 14.8. The summed E-state index contributed by atoms with van der Waals surface area (Å²) in [7, 11) is 0. The highest BCUT2D eigenvalue weighted by Gasteiger charge is 2.22. The second-order valence-corrected chi connectivity index (χ2v) is 8.19. The van der Waals surface area contributed by atoms with Crippen LogP contribution in [0, 0.1) is 5.41 Å². The third-order valence-corrected chi connectivity index (χ3v) is 4.53. The summed E-state index contributed by atoms with van der Waals surface area (Å²) in [6.07, 6.45) is 11.5. The summed E-state index contributed by atoms with van der Waals surface area (Å²) in [4.78, 5) is 12.1. The molecule has 0 amide bonds. The first kappa shape index (κ1) is 20.9. The molecule has 0 radical (unpaired) electrons. The van der Waals surface area contributed by atoms with Crippen LogP contribution in [0.2, 0.25) is 0 Å². The SMILES string of the molecule is CCCCc1ccnc(N(CCC(C)(C)C)C(CCC)CCC)n1. The van der Waals surface area contributed by atoms with Crippen molar-refractivity contribution in [3.05, 3.63) is 18.0 Å². The minimum atomic E-state index is 0.334. The van der Waals surface area contributed by atoms with Gasteiger partial charge in [-0.25, -0.2) is 9.97 Å². The summed E-state index contributed by atoms with van der Waals surface area (Å²) >= 11 is 0. The van der Waals surface area contributed by atoms with E-state index in [1.807, 2.05) is 6.20 Å². The number of rotatable bonds is 11. The standard InChI is InChI=1S/C21H39N3/c1-7-10-13-18-14-16-22-20(23-18)24(17-15-21(4,5)6)19(11-8-2)12-9-3/h14,16,19H,7-13,15,17H2,1-6H3. The molecule has 0 saturated heterocycles. The van der Waals surface area contributed by atoms with Crippen molar-refractivity contribution in [2.45, 2.75) is 99.0 Å². The van der Waals surface area contributed by atoms with Gasteiger partial charge in [-0.1, -0.05) is 60.8 Å². The molecule has 0 aliphatic rings. The molecule has 0 spiro atoms. The van der Waals surface area contributed by atoms with Crippen molar-refractivity contribution in [2.24, 2.45) is 5.41 Å². The van der Waals surface area contributed by atoms with E-state index in [4.69, 9.17) is 4.98 Å². The Balaban J connectivity index is 3.01. The van der Waals surface area contributed by atoms with Gasteiger partial charge in [-0.15, -0.1) is 0 Å². The molecule has 0 N–H and O–H groups in total. The summed E-state index contributed by atoms with van der Waals surface area (Å²) in [5.41, 5.74) is 1.52. The van der Waals surface area contributed by atoms with Crippen molar-refractivity contribution in [2.75, 3.05) is 11.4 Å². The molecule has 0 aliphatic carbocycles. The van der Waals surface area contributed by atoms with Crippen molar-refractivity contribution in [1.82, 2.24) is 9.97 Å². The van der Waals surface area contributed by atoms with E-state index in [9.17, 15) is 0 Å². The van der Waals surface area contributed by atoms with Crippen LogP contribution in [-0.4, -0.2) is 22.6 Å². The maximum Gasteiger partial charge on any atom is 0.225 e. The van der Waals surface area contributed by atoms with E-state index in [0.717, 1.165) is 18.9 Å². The normalized spacial score (nSPS) is 12.0. The molecule has 0 bridgehead atoms. The van der Waals surface area contributed by atoms with E-state index in [1.54, 1.807) is 0 Å². The molecule has 1 aromatic heterocycles. The quantitative estimate of drug-likeness (QED) is 0.495. The predicted octanol–water partition coefficient (Wildman–Crippen LogP) is 6.03. The summed E-state index contributed by atoms with van der Waals surface area (Å²) in [5.74, 6) is 0.944. The molecule has 0 unspecified atom stereocenters. The lowest BCUT2D eigenvalue weighted by atomic mass is 9.91. The lowest BCUT2D eigenvalue weighted by molar-refractivity contribution is 0.363. The molecule has 0 atom stereocenters. The average molecular weight is 334 g/mol. The second-order valence-electron chi connectivity index (χ2n) is 8.19. The zero-order valence-electron chi connectivity index (χ0n) is 16.9. The highest BCUT2D eigenvalue weighted by molar-refractivity contribution is 5.32. The molecule has 1 rings (SSSR count). The van der Waals surface area contributed by atoms with Crippen LogP contribution >= 0.6 is 0 Å². The Morgan fingerprint density at radius 1 is 1.04 bits per heavy atom. The highest BCUT2D eigenvalue weighted by Crippen LogP contribution is 2.25. The molecule has 138 valence electrons. The average Bonchev–Trinajstić information content (AvgIpc) is 2.53. The molecule has 1 aromatic rings. The largest absolute Gasteiger partial charge is 0.338 e. The molecule has 0 aromatic carbocycles. The molecular weight excluding hydrogens is 294 g/mol.